The molecule has 6 nitrogen and oxygen atoms in total. The van der Waals surface area contributed by atoms with E-state index in [0.717, 1.165) is 19.3 Å². The fraction of sp³-hybridized carbons (Fsp3) is 0.714. The molecule has 0 unspecified atom stereocenters. The van der Waals surface area contributed by atoms with Gasteiger partial charge in [0.2, 0.25) is 15.6 Å². The molecule has 1 saturated carbocycles. The van der Waals surface area contributed by atoms with Gasteiger partial charge >= 0.3 is 0 Å². The van der Waals surface area contributed by atoms with Gasteiger partial charge in [-0.3, -0.25) is 0 Å². The fourth-order valence-corrected chi connectivity index (χ4v) is 7.78. The molecular formula is C21H28O6S. The van der Waals surface area contributed by atoms with Gasteiger partial charge in [0.25, 0.3) is 0 Å². The first-order valence-electron chi connectivity index (χ1n) is 10.3. The van der Waals surface area contributed by atoms with Crippen LogP contribution >= 0.6 is 0 Å². The predicted octanol–water partition coefficient (Wildman–Crippen LogP) is 3.67. The minimum absolute atomic E-state index is 0.00131. The zero-order valence-electron chi connectivity index (χ0n) is 16.5. The summed E-state index contributed by atoms with van der Waals surface area (Å²) in [6.45, 7) is 6.06. The molecule has 1 aliphatic carbocycles. The Bertz CT molecular complexity index is 857. The summed E-state index contributed by atoms with van der Waals surface area (Å²) < 4.78 is 39.3. The highest BCUT2D eigenvalue weighted by molar-refractivity contribution is 7.92. The lowest BCUT2D eigenvalue weighted by Crippen LogP contribution is -2.71. The van der Waals surface area contributed by atoms with E-state index in [-0.39, 0.29) is 22.6 Å². The molecule has 1 spiro atoms. The molecule has 4 heterocycles. The highest BCUT2D eigenvalue weighted by Crippen LogP contribution is 2.61. The van der Waals surface area contributed by atoms with E-state index in [1.807, 2.05) is 19.9 Å². The van der Waals surface area contributed by atoms with Crippen LogP contribution in [0.1, 0.15) is 46.5 Å². The van der Waals surface area contributed by atoms with Gasteiger partial charge in [-0.05, 0) is 50.2 Å². The van der Waals surface area contributed by atoms with Gasteiger partial charge in [-0.2, -0.15) is 0 Å². The monoisotopic (exact) mass is 408 g/mol. The Morgan fingerprint density at radius 1 is 1.00 bits per heavy atom. The van der Waals surface area contributed by atoms with E-state index < -0.39 is 33.0 Å². The van der Waals surface area contributed by atoms with Gasteiger partial charge in [0, 0.05) is 18.3 Å². The maximum absolute atomic E-state index is 13.4. The zero-order chi connectivity index (χ0) is 19.7. The summed E-state index contributed by atoms with van der Waals surface area (Å²) in [5.74, 6) is -0.461. The first-order valence-corrected chi connectivity index (χ1v) is 11.8. The molecule has 0 amide bonds. The first kappa shape index (κ1) is 19.0. The Morgan fingerprint density at radius 2 is 1.75 bits per heavy atom. The summed E-state index contributed by atoms with van der Waals surface area (Å²) in [5, 5.41) is 0. The highest BCUT2D eigenvalue weighted by Gasteiger charge is 2.70. The van der Waals surface area contributed by atoms with E-state index in [1.54, 1.807) is 24.3 Å². The number of rotatable bonds is 2. The van der Waals surface area contributed by atoms with E-state index in [4.69, 9.17) is 19.2 Å². The molecule has 0 radical (unpaired) electrons. The van der Waals surface area contributed by atoms with Gasteiger partial charge < -0.3 is 9.47 Å². The van der Waals surface area contributed by atoms with Crippen LogP contribution < -0.4 is 0 Å². The number of hydrogen-bond donors (Lipinski definition) is 0. The Balaban J connectivity index is 1.59. The molecule has 28 heavy (non-hydrogen) atoms. The largest absolute Gasteiger partial charge is 0.329 e. The molecule has 5 aliphatic rings. The van der Waals surface area contributed by atoms with Crippen molar-refractivity contribution in [2.75, 3.05) is 0 Å². The normalized spacial score (nSPS) is 48.0. The Hall–Kier alpha value is -0.990. The second-order valence-corrected chi connectivity index (χ2v) is 11.2. The standard InChI is InChI=1S/C21H28O6S/c1-13-9-10-17-14(2)18(28(22,23)15-7-5-4-6-8-15)24-19-21(17)16(13)11-12-20(3,25-19)26-27-21/h4-8,13-14,16-19H,9-12H2,1-3H3/t13-,14-,16+,17+,18-,19-,20-,21-/m1/s1. The maximum atomic E-state index is 13.4. The van der Waals surface area contributed by atoms with Crippen LogP contribution in [-0.4, -0.2) is 31.5 Å². The minimum Gasteiger partial charge on any atom is -0.329 e. The van der Waals surface area contributed by atoms with Gasteiger partial charge in [-0.15, -0.1) is 0 Å². The SMILES string of the molecule is C[C@@H]1[C@@H]2CC[C@@H](C)[C@@H]3CC[C@@]4(C)OO[C@@]23[C@H](O[C@@H]1S(=O)(=O)c1ccccc1)O4. The van der Waals surface area contributed by atoms with Crippen molar-refractivity contribution >= 4 is 9.84 Å². The second kappa shape index (κ2) is 6.25. The van der Waals surface area contributed by atoms with Crippen molar-refractivity contribution in [3.63, 3.8) is 0 Å². The molecule has 1 aromatic carbocycles. The molecule has 8 atom stereocenters. The van der Waals surface area contributed by atoms with Crippen molar-refractivity contribution in [1.82, 2.24) is 0 Å². The van der Waals surface area contributed by atoms with Crippen molar-refractivity contribution in [1.29, 1.82) is 0 Å². The maximum Gasteiger partial charge on any atom is 0.205 e. The average molecular weight is 409 g/mol. The van der Waals surface area contributed by atoms with E-state index in [9.17, 15) is 8.42 Å². The summed E-state index contributed by atoms with van der Waals surface area (Å²) in [4.78, 5) is 12.1. The van der Waals surface area contributed by atoms with Gasteiger partial charge in [-0.1, -0.05) is 32.0 Å². The number of ether oxygens (including phenoxy) is 2. The van der Waals surface area contributed by atoms with Crippen molar-refractivity contribution in [3.05, 3.63) is 30.3 Å². The average Bonchev–Trinajstić information content (AvgIpc) is 2.91. The molecule has 154 valence electrons. The molecule has 4 saturated heterocycles. The third-order valence-electron chi connectivity index (χ3n) is 7.47. The highest BCUT2D eigenvalue weighted by atomic mass is 32.2. The van der Waals surface area contributed by atoms with Crippen LogP contribution in [0.2, 0.25) is 0 Å². The van der Waals surface area contributed by atoms with Crippen LogP contribution in [0, 0.1) is 23.7 Å². The Kier molecular flexibility index (Phi) is 4.24. The number of hydrogen-bond acceptors (Lipinski definition) is 6. The van der Waals surface area contributed by atoms with Crippen LogP contribution in [0.5, 0.6) is 0 Å². The fourth-order valence-electron chi connectivity index (χ4n) is 5.97. The van der Waals surface area contributed by atoms with Gasteiger partial charge in [0.05, 0.1) is 4.90 Å². The minimum atomic E-state index is -3.66. The second-order valence-electron chi connectivity index (χ2n) is 9.13. The lowest BCUT2D eigenvalue weighted by atomic mass is 9.58. The topological polar surface area (TPSA) is 71.1 Å². The van der Waals surface area contributed by atoms with Gasteiger partial charge in [0.15, 0.2) is 17.3 Å². The predicted molar refractivity (Wildman–Crippen MR) is 100 cm³/mol. The lowest BCUT2D eigenvalue weighted by molar-refractivity contribution is -0.568. The van der Waals surface area contributed by atoms with E-state index in [2.05, 4.69) is 6.92 Å². The molecular weight excluding hydrogens is 380 g/mol. The molecule has 2 bridgehead atoms. The molecule has 6 rings (SSSR count). The van der Waals surface area contributed by atoms with Crippen molar-refractivity contribution in [2.45, 2.75) is 74.5 Å². The van der Waals surface area contributed by atoms with Crippen LogP contribution in [-0.2, 0) is 29.1 Å². The quantitative estimate of drug-likeness (QED) is 0.696. The van der Waals surface area contributed by atoms with Crippen LogP contribution in [0.4, 0.5) is 0 Å². The van der Waals surface area contributed by atoms with Crippen LogP contribution in [0.3, 0.4) is 0 Å². The Labute approximate surface area is 166 Å². The van der Waals surface area contributed by atoms with E-state index in [1.165, 1.54) is 0 Å². The molecule has 0 aromatic heterocycles. The van der Waals surface area contributed by atoms with E-state index >= 15 is 0 Å². The summed E-state index contributed by atoms with van der Waals surface area (Å²) in [6, 6.07) is 8.54. The third kappa shape index (κ3) is 2.50. The summed E-state index contributed by atoms with van der Waals surface area (Å²) in [6.07, 6.45) is 2.82. The van der Waals surface area contributed by atoms with Crippen molar-refractivity contribution in [3.8, 4) is 0 Å². The number of sulfone groups is 1. The van der Waals surface area contributed by atoms with E-state index in [0.29, 0.717) is 12.3 Å². The molecule has 1 aromatic rings. The summed E-state index contributed by atoms with van der Waals surface area (Å²) in [5.41, 5.74) is -1.70. The number of benzene rings is 1. The lowest BCUT2D eigenvalue weighted by Gasteiger charge is -2.60. The van der Waals surface area contributed by atoms with Gasteiger partial charge in [0.1, 0.15) is 0 Å². The smallest absolute Gasteiger partial charge is 0.205 e. The van der Waals surface area contributed by atoms with Crippen LogP contribution in [0.15, 0.2) is 35.2 Å². The van der Waals surface area contributed by atoms with Crippen molar-refractivity contribution in [2.24, 2.45) is 23.7 Å². The summed E-state index contributed by atoms with van der Waals surface area (Å²) in [7, 11) is -3.66. The Morgan fingerprint density at radius 3 is 2.50 bits per heavy atom. The van der Waals surface area contributed by atoms with Crippen LogP contribution in [0.25, 0.3) is 0 Å². The summed E-state index contributed by atoms with van der Waals surface area (Å²) >= 11 is 0. The third-order valence-corrected chi connectivity index (χ3v) is 9.56. The number of fused-ring (bicyclic) bond motifs is 2. The first-order chi connectivity index (χ1) is 13.3. The molecule has 7 heteroatoms. The van der Waals surface area contributed by atoms with Gasteiger partial charge in [-0.25, -0.2) is 18.2 Å². The zero-order valence-corrected chi connectivity index (χ0v) is 17.4. The molecule has 0 N–H and O–H groups in total. The van der Waals surface area contributed by atoms with Crippen molar-refractivity contribution < 1.29 is 27.7 Å². The molecule has 5 fully saturated rings. The molecule has 4 aliphatic heterocycles.